The molecule has 0 aromatic carbocycles. The van der Waals surface area contributed by atoms with E-state index in [0.717, 1.165) is 31.6 Å². The number of aliphatic carboxylic acids is 1. The van der Waals surface area contributed by atoms with Crippen molar-refractivity contribution >= 4 is 5.97 Å². The molecule has 2 rings (SSSR count). The van der Waals surface area contributed by atoms with Crippen LogP contribution in [-0.4, -0.2) is 41.1 Å². The Kier molecular flexibility index (Phi) is 4.31. The van der Waals surface area contributed by atoms with Gasteiger partial charge in [-0.25, -0.2) is 0 Å². The molecule has 18 heavy (non-hydrogen) atoms. The lowest BCUT2D eigenvalue weighted by Gasteiger charge is -2.34. The lowest BCUT2D eigenvalue weighted by Crippen LogP contribution is -2.35. The van der Waals surface area contributed by atoms with Crippen LogP contribution in [0.25, 0.3) is 0 Å². The van der Waals surface area contributed by atoms with Crippen LogP contribution in [0.4, 0.5) is 0 Å². The molecule has 0 aliphatic carbocycles. The maximum Gasteiger partial charge on any atom is 0.304 e. The molecule has 1 aromatic heterocycles. The minimum Gasteiger partial charge on any atom is -0.481 e. The van der Waals surface area contributed by atoms with Crippen LogP contribution in [0.5, 0.6) is 0 Å². The third-order valence-electron chi connectivity index (χ3n) is 3.69. The van der Waals surface area contributed by atoms with Crippen LogP contribution in [0, 0.1) is 5.92 Å². The molecule has 0 amide bonds. The summed E-state index contributed by atoms with van der Waals surface area (Å²) >= 11 is 0. The van der Waals surface area contributed by atoms with E-state index in [-0.39, 0.29) is 12.3 Å². The minimum atomic E-state index is -0.737. The largest absolute Gasteiger partial charge is 0.481 e. The Balaban J connectivity index is 2.16. The van der Waals surface area contributed by atoms with Crippen molar-refractivity contribution in [2.45, 2.75) is 25.2 Å². The highest BCUT2D eigenvalue weighted by Gasteiger charge is 2.29. The van der Waals surface area contributed by atoms with E-state index in [1.54, 1.807) is 6.20 Å². The molecule has 1 N–H and O–H groups in total. The van der Waals surface area contributed by atoms with E-state index in [0.29, 0.717) is 5.92 Å². The fourth-order valence-corrected chi connectivity index (χ4v) is 2.83. The summed E-state index contributed by atoms with van der Waals surface area (Å²) in [5.41, 5.74) is 0.917. The molecule has 0 bridgehead atoms. The standard InChI is InChI=1S/C14H20N2O2/c1-16-8-4-5-11(10-16)12(9-14(17)18)13-6-2-3-7-15-13/h2-3,6-7,11-12H,4-5,8-10H2,1H3,(H,17,18). The Morgan fingerprint density at radius 1 is 1.61 bits per heavy atom. The van der Waals surface area contributed by atoms with E-state index in [4.69, 9.17) is 5.11 Å². The second-order valence-electron chi connectivity index (χ2n) is 5.12. The van der Waals surface area contributed by atoms with Gasteiger partial charge >= 0.3 is 5.97 Å². The fraction of sp³-hybridized carbons (Fsp3) is 0.571. The molecule has 1 aliphatic rings. The molecular formula is C14H20N2O2. The smallest absolute Gasteiger partial charge is 0.304 e. The first-order valence-corrected chi connectivity index (χ1v) is 6.48. The van der Waals surface area contributed by atoms with Crippen LogP contribution in [-0.2, 0) is 4.79 Å². The Hall–Kier alpha value is -1.42. The summed E-state index contributed by atoms with van der Waals surface area (Å²) in [4.78, 5) is 17.7. The molecular weight excluding hydrogens is 228 g/mol. The number of hydrogen-bond acceptors (Lipinski definition) is 3. The van der Waals surface area contributed by atoms with Crippen molar-refractivity contribution in [3.63, 3.8) is 0 Å². The highest BCUT2D eigenvalue weighted by atomic mass is 16.4. The van der Waals surface area contributed by atoms with Gasteiger partial charge in [0.25, 0.3) is 0 Å². The number of carbonyl (C=O) groups is 1. The molecule has 4 nitrogen and oxygen atoms in total. The van der Waals surface area contributed by atoms with E-state index in [1.165, 1.54) is 0 Å². The normalized spacial score (nSPS) is 22.6. The van der Waals surface area contributed by atoms with Gasteiger partial charge in [0.1, 0.15) is 0 Å². The van der Waals surface area contributed by atoms with Gasteiger partial charge in [-0.1, -0.05) is 6.07 Å². The van der Waals surface area contributed by atoms with Crippen LogP contribution in [0.15, 0.2) is 24.4 Å². The summed E-state index contributed by atoms with van der Waals surface area (Å²) in [5, 5.41) is 9.10. The summed E-state index contributed by atoms with van der Waals surface area (Å²) in [6.45, 7) is 2.08. The molecule has 2 unspecified atom stereocenters. The third-order valence-corrected chi connectivity index (χ3v) is 3.69. The topological polar surface area (TPSA) is 53.4 Å². The van der Waals surface area contributed by atoms with Crippen LogP contribution < -0.4 is 0 Å². The van der Waals surface area contributed by atoms with Gasteiger partial charge in [-0.05, 0) is 44.5 Å². The highest BCUT2D eigenvalue weighted by molar-refractivity contribution is 5.68. The lowest BCUT2D eigenvalue weighted by molar-refractivity contribution is -0.137. The number of likely N-dealkylation sites (tertiary alicyclic amines) is 1. The predicted octanol–water partition coefficient (Wildman–Crippen LogP) is 1.98. The molecule has 2 heterocycles. The zero-order chi connectivity index (χ0) is 13.0. The lowest BCUT2D eigenvalue weighted by atomic mass is 9.81. The van der Waals surface area contributed by atoms with E-state index < -0.39 is 5.97 Å². The van der Waals surface area contributed by atoms with Gasteiger partial charge in [0.2, 0.25) is 0 Å². The number of piperidine rings is 1. The van der Waals surface area contributed by atoms with Gasteiger partial charge < -0.3 is 10.0 Å². The maximum atomic E-state index is 11.1. The average Bonchev–Trinajstić information content (AvgIpc) is 2.37. The van der Waals surface area contributed by atoms with Gasteiger partial charge in [0.15, 0.2) is 0 Å². The van der Waals surface area contributed by atoms with Gasteiger partial charge in [-0.3, -0.25) is 9.78 Å². The highest BCUT2D eigenvalue weighted by Crippen LogP contribution is 2.32. The molecule has 1 aliphatic heterocycles. The van der Waals surface area contributed by atoms with Crippen molar-refractivity contribution in [3.8, 4) is 0 Å². The Bertz CT molecular complexity index is 394. The number of rotatable bonds is 4. The second kappa shape index (κ2) is 5.96. The van der Waals surface area contributed by atoms with Crippen molar-refractivity contribution in [3.05, 3.63) is 30.1 Å². The number of nitrogens with zero attached hydrogens (tertiary/aromatic N) is 2. The zero-order valence-electron chi connectivity index (χ0n) is 10.7. The average molecular weight is 248 g/mol. The first-order valence-electron chi connectivity index (χ1n) is 6.48. The summed E-state index contributed by atoms with van der Waals surface area (Å²) < 4.78 is 0. The summed E-state index contributed by atoms with van der Waals surface area (Å²) in [7, 11) is 2.10. The Labute approximate surface area is 108 Å². The SMILES string of the molecule is CN1CCCC(C(CC(=O)O)c2ccccn2)C1. The first-order chi connectivity index (χ1) is 8.66. The van der Waals surface area contributed by atoms with Crippen molar-refractivity contribution in [2.75, 3.05) is 20.1 Å². The van der Waals surface area contributed by atoms with Gasteiger partial charge in [-0.15, -0.1) is 0 Å². The van der Waals surface area contributed by atoms with Crippen LogP contribution in [0.1, 0.15) is 30.9 Å². The van der Waals surface area contributed by atoms with Crippen LogP contribution in [0.2, 0.25) is 0 Å². The van der Waals surface area contributed by atoms with Crippen LogP contribution in [0.3, 0.4) is 0 Å². The van der Waals surface area contributed by atoms with E-state index >= 15 is 0 Å². The molecule has 4 heteroatoms. The summed E-state index contributed by atoms with van der Waals surface area (Å²) in [5.74, 6) is -0.305. The molecule has 0 spiro atoms. The quantitative estimate of drug-likeness (QED) is 0.885. The van der Waals surface area contributed by atoms with Crippen molar-refractivity contribution in [1.82, 2.24) is 9.88 Å². The van der Waals surface area contributed by atoms with Crippen molar-refractivity contribution < 1.29 is 9.90 Å². The number of aromatic nitrogens is 1. The minimum absolute atomic E-state index is 0.0337. The summed E-state index contributed by atoms with van der Waals surface area (Å²) in [6, 6.07) is 5.75. The Morgan fingerprint density at radius 2 is 2.44 bits per heavy atom. The third kappa shape index (κ3) is 3.29. The first kappa shape index (κ1) is 13.0. The molecule has 98 valence electrons. The number of carboxylic acids is 1. The molecule has 0 radical (unpaired) electrons. The molecule has 1 aromatic rings. The van der Waals surface area contributed by atoms with E-state index in [1.807, 2.05) is 18.2 Å². The van der Waals surface area contributed by atoms with E-state index in [2.05, 4.69) is 16.9 Å². The number of pyridine rings is 1. The van der Waals surface area contributed by atoms with Gasteiger partial charge in [0, 0.05) is 24.4 Å². The monoisotopic (exact) mass is 248 g/mol. The molecule has 1 saturated heterocycles. The fourth-order valence-electron chi connectivity index (χ4n) is 2.83. The van der Waals surface area contributed by atoms with Gasteiger partial charge in [0.05, 0.1) is 6.42 Å². The number of carboxylic acid groups (broad SMARTS) is 1. The molecule has 2 atom stereocenters. The predicted molar refractivity (Wildman–Crippen MR) is 69.5 cm³/mol. The van der Waals surface area contributed by atoms with Gasteiger partial charge in [-0.2, -0.15) is 0 Å². The molecule has 0 saturated carbocycles. The summed E-state index contributed by atoms with van der Waals surface area (Å²) in [6.07, 6.45) is 4.16. The Morgan fingerprint density at radius 3 is 3.06 bits per heavy atom. The number of hydrogen-bond donors (Lipinski definition) is 1. The maximum absolute atomic E-state index is 11.1. The second-order valence-corrected chi connectivity index (χ2v) is 5.12. The van der Waals surface area contributed by atoms with Crippen molar-refractivity contribution in [1.29, 1.82) is 0 Å². The zero-order valence-corrected chi connectivity index (χ0v) is 10.7. The van der Waals surface area contributed by atoms with E-state index in [9.17, 15) is 4.79 Å². The molecule has 1 fully saturated rings. The van der Waals surface area contributed by atoms with Crippen molar-refractivity contribution in [2.24, 2.45) is 5.92 Å². The van der Waals surface area contributed by atoms with Crippen LogP contribution >= 0.6 is 0 Å².